The third-order valence-electron chi connectivity index (χ3n) is 1.19. The topological polar surface area (TPSA) is 0 Å². The van der Waals surface area contributed by atoms with Crippen molar-refractivity contribution in [2.45, 2.75) is 12.8 Å². The first kappa shape index (κ1) is 6.89. The molecule has 0 saturated carbocycles. The summed E-state index contributed by atoms with van der Waals surface area (Å²) in [5.41, 5.74) is 6.03. The van der Waals surface area contributed by atoms with Crippen LogP contribution in [-0.2, 0) is 0 Å². The fraction of sp³-hybridized carbons (Fsp3) is 0.200. The fourth-order valence-corrected chi connectivity index (χ4v) is 0.697. The van der Waals surface area contributed by atoms with Gasteiger partial charge >= 0.3 is 0 Å². The van der Waals surface area contributed by atoms with E-state index in [0.29, 0.717) is 0 Å². The second kappa shape index (κ2) is 4.64. The van der Waals surface area contributed by atoms with E-state index >= 15 is 0 Å². The molecule has 0 atom stereocenters. The zero-order valence-corrected chi connectivity index (χ0v) is 5.88. The van der Waals surface area contributed by atoms with Crippen LogP contribution in [0.2, 0.25) is 0 Å². The molecule has 0 fully saturated rings. The number of allylic oxidation sites excluding steroid dienone is 4. The molecule has 10 heavy (non-hydrogen) atoms. The standard InChI is InChI=1S/C10H10/c1-2-4-6-8-10-9-7-5-3-1/h1-2,5-6,9-10H,3-4H2. The summed E-state index contributed by atoms with van der Waals surface area (Å²) in [6.45, 7) is 0. The van der Waals surface area contributed by atoms with Crippen LogP contribution >= 0.6 is 0 Å². The lowest BCUT2D eigenvalue weighted by atomic mass is 10.3. The summed E-state index contributed by atoms with van der Waals surface area (Å²) in [6.07, 6.45) is 14.0. The Balaban J connectivity index is 2.72. The predicted octanol–water partition coefficient (Wildman–Crippen LogP) is 2.76. The van der Waals surface area contributed by atoms with Gasteiger partial charge in [0.2, 0.25) is 0 Å². The van der Waals surface area contributed by atoms with Crippen LogP contribution in [0.1, 0.15) is 12.8 Å². The van der Waals surface area contributed by atoms with E-state index in [2.05, 4.69) is 23.6 Å². The molecule has 0 aromatic carbocycles. The zero-order valence-electron chi connectivity index (χ0n) is 5.88. The van der Waals surface area contributed by atoms with Crippen LogP contribution in [0.3, 0.4) is 0 Å². The molecule has 0 unspecified atom stereocenters. The van der Waals surface area contributed by atoms with Gasteiger partial charge in [-0.3, -0.25) is 0 Å². The molecular formula is C10H10. The Morgan fingerprint density at radius 3 is 1.80 bits per heavy atom. The van der Waals surface area contributed by atoms with Crippen molar-refractivity contribution in [3.63, 3.8) is 0 Å². The van der Waals surface area contributed by atoms with Crippen molar-refractivity contribution in [2.24, 2.45) is 0 Å². The molecule has 0 N–H and O–H groups in total. The normalized spacial score (nSPS) is 16.0. The van der Waals surface area contributed by atoms with Crippen LogP contribution in [0.25, 0.3) is 0 Å². The van der Waals surface area contributed by atoms with Gasteiger partial charge in [-0.2, -0.15) is 0 Å². The Morgan fingerprint density at radius 2 is 1.30 bits per heavy atom. The Bertz CT molecular complexity index is 203. The quantitative estimate of drug-likeness (QED) is 0.349. The number of hydrogen-bond donors (Lipinski definition) is 0. The molecule has 1 aliphatic rings. The number of rotatable bonds is 0. The van der Waals surface area contributed by atoms with E-state index in [1.807, 2.05) is 24.3 Å². The van der Waals surface area contributed by atoms with Gasteiger partial charge in [-0.15, -0.1) is 11.5 Å². The lowest BCUT2D eigenvalue weighted by Gasteiger charge is -1.79. The minimum atomic E-state index is 0.984. The zero-order chi connectivity index (χ0) is 7.07. The molecule has 0 amide bonds. The predicted molar refractivity (Wildman–Crippen MR) is 43.7 cm³/mol. The van der Waals surface area contributed by atoms with Gasteiger partial charge < -0.3 is 0 Å². The average Bonchev–Trinajstić information content (AvgIpc) is 2.01. The van der Waals surface area contributed by atoms with E-state index in [9.17, 15) is 0 Å². The van der Waals surface area contributed by atoms with Crippen LogP contribution in [0.4, 0.5) is 0 Å². The van der Waals surface area contributed by atoms with E-state index in [4.69, 9.17) is 0 Å². The lowest BCUT2D eigenvalue weighted by Crippen LogP contribution is -1.59. The Kier molecular flexibility index (Phi) is 3.20. The average molecular weight is 130 g/mol. The third-order valence-corrected chi connectivity index (χ3v) is 1.19. The summed E-state index contributed by atoms with van der Waals surface area (Å²) < 4.78 is 0. The molecule has 0 heteroatoms. The minimum absolute atomic E-state index is 0.984. The summed E-state index contributed by atoms with van der Waals surface area (Å²) in [4.78, 5) is 0. The van der Waals surface area contributed by atoms with E-state index in [1.54, 1.807) is 0 Å². The molecule has 0 saturated heterocycles. The van der Waals surface area contributed by atoms with Crippen LogP contribution < -0.4 is 0 Å². The van der Waals surface area contributed by atoms with Crippen molar-refractivity contribution in [2.75, 3.05) is 0 Å². The summed E-state index contributed by atoms with van der Waals surface area (Å²) in [6, 6.07) is 0. The first-order valence-corrected chi connectivity index (χ1v) is 3.45. The fourth-order valence-electron chi connectivity index (χ4n) is 0.697. The Hall–Kier alpha value is -1.22. The van der Waals surface area contributed by atoms with Crippen LogP contribution in [0.5, 0.6) is 0 Å². The largest absolute Gasteiger partial charge is 0.124 e. The van der Waals surface area contributed by atoms with Crippen molar-refractivity contribution in [1.82, 2.24) is 0 Å². The van der Waals surface area contributed by atoms with Crippen LogP contribution in [0.15, 0.2) is 47.9 Å². The van der Waals surface area contributed by atoms with Crippen molar-refractivity contribution in [3.05, 3.63) is 47.9 Å². The summed E-state index contributed by atoms with van der Waals surface area (Å²) in [5.74, 6) is 0. The summed E-state index contributed by atoms with van der Waals surface area (Å²) in [5, 5.41) is 0. The van der Waals surface area contributed by atoms with Gasteiger partial charge in [0.15, 0.2) is 0 Å². The first-order chi connectivity index (χ1) is 5.00. The maximum atomic E-state index is 3.02. The highest BCUT2D eigenvalue weighted by Gasteiger charge is 1.70. The van der Waals surface area contributed by atoms with E-state index < -0.39 is 0 Å². The van der Waals surface area contributed by atoms with Crippen molar-refractivity contribution < 1.29 is 0 Å². The lowest BCUT2D eigenvalue weighted by molar-refractivity contribution is 1.31. The monoisotopic (exact) mass is 130 g/mol. The van der Waals surface area contributed by atoms with Crippen molar-refractivity contribution in [3.8, 4) is 0 Å². The molecule has 0 spiro atoms. The van der Waals surface area contributed by atoms with Crippen molar-refractivity contribution >= 4 is 0 Å². The smallest absolute Gasteiger partial charge is 0.00928 e. The summed E-state index contributed by atoms with van der Waals surface area (Å²) >= 11 is 0. The molecule has 0 heterocycles. The third kappa shape index (κ3) is 2.94. The maximum Gasteiger partial charge on any atom is -0.00928 e. The first-order valence-electron chi connectivity index (χ1n) is 3.45. The molecule has 1 rings (SSSR count). The summed E-state index contributed by atoms with van der Waals surface area (Å²) in [7, 11) is 0. The SMILES string of the molecule is C1=CC=C=CCC=CCC=1. The highest BCUT2D eigenvalue weighted by atomic mass is 13.8. The van der Waals surface area contributed by atoms with Gasteiger partial charge in [-0.05, 0) is 37.1 Å². The Labute approximate surface area is 61.6 Å². The van der Waals surface area contributed by atoms with Crippen LogP contribution in [0, 0.1) is 0 Å². The molecule has 0 bridgehead atoms. The molecular weight excluding hydrogens is 120 g/mol. The highest BCUT2D eigenvalue weighted by Crippen LogP contribution is 1.90. The van der Waals surface area contributed by atoms with Gasteiger partial charge in [-0.25, -0.2) is 0 Å². The maximum absolute atomic E-state index is 3.02. The van der Waals surface area contributed by atoms with Crippen LogP contribution in [-0.4, -0.2) is 0 Å². The molecule has 0 aliphatic heterocycles. The van der Waals surface area contributed by atoms with Gasteiger partial charge in [0.1, 0.15) is 0 Å². The van der Waals surface area contributed by atoms with E-state index in [1.165, 1.54) is 0 Å². The van der Waals surface area contributed by atoms with Gasteiger partial charge in [0, 0.05) is 0 Å². The van der Waals surface area contributed by atoms with E-state index in [0.717, 1.165) is 12.8 Å². The van der Waals surface area contributed by atoms with E-state index in [-0.39, 0.29) is 0 Å². The second-order valence-electron chi connectivity index (χ2n) is 2.02. The second-order valence-corrected chi connectivity index (χ2v) is 2.02. The molecule has 0 nitrogen and oxygen atoms in total. The molecule has 0 aromatic rings. The number of hydrogen-bond acceptors (Lipinski definition) is 0. The Morgan fingerprint density at radius 1 is 0.800 bits per heavy atom. The van der Waals surface area contributed by atoms with Gasteiger partial charge in [-0.1, -0.05) is 12.2 Å². The molecule has 0 radical (unpaired) electrons. The van der Waals surface area contributed by atoms with Gasteiger partial charge in [0.05, 0.1) is 0 Å². The molecule has 50 valence electrons. The van der Waals surface area contributed by atoms with Gasteiger partial charge in [0.25, 0.3) is 0 Å². The van der Waals surface area contributed by atoms with Crippen molar-refractivity contribution in [1.29, 1.82) is 0 Å². The molecule has 0 aromatic heterocycles. The minimum Gasteiger partial charge on any atom is -0.124 e. The highest BCUT2D eigenvalue weighted by molar-refractivity contribution is 5.06. The molecule has 1 aliphatic carbocycles.